The Balaban J connectivity index is 2.00. The van der Waals surface area contributed by atoms with Crippen LogP contribution < -0.4 is 10.1 Å². The summed E-state index contributed by atoms with van der Waals surface area (Å²) in [6.07, 6.45) is 2.39. The highest BCUT2D eigenvalue weighted by Crippen LogP contribution is 2.34. The SMILES string of the molecule is CCC(NC1CSCC(C)(C)C1)c1ccc(OC)cc1. The Morgan fingerprint density at radius 1 is 1.35 bits per heavy atom. The van der Waals surface area contributed by atoms with E-state index in [9.17, 15) is 0 Å². The van der Waals surface area contributed by atoms with Crippen LogP contribution in [0.4, 0.5) is 0 Å². The van der Waals surface area contributed by atoms with Crippen molar-refractivity contribution < 1.29 is 4.74 Å². The van der Waals surface area contributed by atoms with E-state index < -0.39 is 0 Å². The standard InChI is InChI=1S/C17H27NOS/c1-5-16(13-6-8-15(19-4)9-7-13)18-14-10-17(2,3)12-20-11-14/h6-9,14,16,18H,5,10-12H2,1-4H3. The number of thioether (sulfide) groups is 1. The molecule has 0 spiro atoms. The summed E-state index contributed by atoms with van der Waals surface area (Å²) in [4.78, 5) is 0. The Kier molecular flexibility index (Phi) is 5.39. The molecule has 0 aromatic heterocycles. The van der Waals surface area contributed by atoms with Crippen molar-refractivity contribution in [3.05, 3.63) is 29.8 Å². The van der Waals surface area contributed by atoms with Crippen LogP contribution in [0.2, 0.25) is 0 Å². The lowest BCUT2D eigenvalue weighted by Gasteiger charge is -2.37. The van der Waals surface area contributed by atoms with Crippen molar-refractivity contribution in [1.82, 2.24) is 5.32 Å². The summed E-state index contributed by atoms with van der Waals surface area (Å²) >= 11 is 2.08. The number of methoxy groups -OCH3 is 1. The van der Waals surface area contributed by atoms with Crippen molar-refractivity contribution in [2.24, 2.45) is 5.41 Å². The molecular weight excluding hydrogens is 266 g/mol. The normalized spacial score (nSPS) is 23.3. The predicted molar refractivity (Wildman–Crippen MR) is 88.7 cm³/mol. The van der Waals surface area contributed by atoms with Gasteiger partial charge in [0.15, 0.2) is 0 Å². The Morgan fingerprint density at radius 3 is 2.60 bits per heavy atom. The summed E-state index contributed by atoms with van der Waals surface area (Å²) in [5.41, 5.74) is 1.82. The molecule has 0 amide bonds. The van der Waals surface area contributed by atoms with Crippen molar-refractivity contribution in [3.63, 3.8) is 0 Å². The van der Waals surface area contributed by atoms with E-state index in [2.05, 4.69) is 62.1 Å². The molecule has 1 N–H and O–H groups in total. The van der Waals surface area contributed by atoms with Gasteiger partial charge in [-0.1, -0.05) is 32.9 Å². The van der Waals surface area contributed by atoms with Crippen LogP contribution in [-0.4, -0.2) is 24.7 Å². The van der Waals surface area contributed by atoms with Gasteiger partial charge in [0, 0.05) is 17.8 Å². The molecule has 20 heavy (non-hydrogen) atoms. The van der Waals surface area contributed by atoms with Gasteiger partial charge in [0.25, 0.3) is 0 Å². The molecule has 2 nitrogen and oxygen atoms in total. The molecule has 2 unspecified atom stereocenters. The first kappa shape index (κ1) is 15.7. The van der Waals surface area contributed by atoms with Crippen LogP contribution in [-0.2, 0) is 0 Å². The minimum atomic E-state index is 0.445. The summed E-state index contributed by atoms with van der Waals surface area (Å²) in [6.45, 7) is 7.01. The quantitative estimate of drug-likeness (QED) is 0.876. The maximum Gasteiger partial charge on any atom is 0.118 e. The highest BCUT2D eigenvalue weighted by atomic mass is 32.2. The first-order valence-electron chi connectivity index (χ1n) is 7.52. The Bertz CT molecular complexity index is 416. The van der Waals surface area contributed by atoms with Gasteiger partial charge >= 0.3 is 0 Å². The summed E-state index contributed by atoms with van der Waals surface area (Å²) in [7, 11) is 1.71. The molecule has 1 saturated heterocycles. The average Bonchev–Trinajstić information content (AvgIpc) is 2.44. The minimum Gasteiger partial charge on any atom is -0.497 e. The molecule has 0 saturated carbocycles. The van der Waals surface area contributed by atoms with Gasteiger partial charge in [-0.25, -0.2) is 0 Å². The third kappa shape index (κ3) is 4.16. The van der Waals surface area contributed by atoms with Gasteiger partial charge in [-0.05, 0) is 41.7 Å². The fraction of sp³-hybridized carbons (Fsp3) is 0.647. The average molecular weight is 293 g/mol. The second-order valence-corrected chi connectivity index (χ2v) is 7.51. The maximum atomic E-state index is 5.24. The summed E-state index contributed by atoms with van der Waals surface area (Å²) in [6, 6.07) is 9.54. The third-order valence-electron chi connectivity index (χ3n) is 3.97. The molecule has 2 rings (SSSR count). The van der Waals surface area contributed by atoms with Gasteiger partial charge in [-0.2, -0.15) is 11.8 Å². The summed E-state index contributed by atoms with van der Waals surface area (Å²) < 4.78 is 5.24. The highest BCUT2D eigenvalue weighted by Gasteiger charge is 2.29. The second kappa shape index (κ2) is 6.86. The van der Waals surface area contributed by atoms with Gasteiger partial charge in [0.05, 0.1) is 7.11 Å². The van der Waals surface area contributed by atoms with Gasteiger partial charge in [-0.15, -0.1) is 0 Å². The summed E-state index contributed by atoms with van der Waals surface area (Å²) in [5, 5.41) is 3.85. The van der Waals surface area contributed by atoms with E-state index in [-0.39, 0.29) is 0 Å². The molecule has 3 heteroatoms. The Hall–Kier alpha value is -0.670. The molecule has 2 atom stereocenters. The van der Waals surface area contributed by atoms with E-state index in [1.807, 2.05) is 0 Å². The molecule has 1 aliphatic rings. The highest BCUT2D eigenvalue weighted by molar-refractivity contribution is 7.99. The molecule has 0 bridgehead atoms. The van der Waals surface area contributed by atoms with Crippen LogP contribution in [0.25, 0.3) is 0 Å². The van der Waals surface area contributed by atoms with Crippen molar-refractivity contribution in [2.75, 3.05) is 18.6 Å². The van der Waals surface area contributed by atoms with Crippen LogP contribution in [0.15, 0.2) is 24.3 Å². The number of hydrogen-bond acceptors (Lipinski definition) is 3. The zero-order valence-electron chi connectivity index (χ0n) is 13.1. The van der Waals surface area contributed by atoms with Crippen LogP contribution in [0, 0.1) is 5.41 Å². The number of benzene rings is 1. The van der Waals surface area contributed by atoms with Crippen LogP contribution in [0.1, 0.15) is 45.2 Å². The van der Waals surface area contributed by atoms with Gasteiger partial charge in [-0.3, -0.25) is 0 Å². The first-order chi connectivity index (χ1) is 9.54. The largest absolute Gasteiger partial charge is 0.497 e. The van der Waals surface area contributed by atoms with E-state index in [0.717, 1.165) is 12.2 Å². The number of hydrogen-bond donors (Lipinski definition) is 1. The van der Waals surface area contributed by atoms with E-state index in [1.165, 1.54) is 23.5 Å². The number of ether oxygens (including phenoxy) is 1. The van der Waals surface area contributed by atoms with Crippen molar-refractivity contribution in [1.29, 1.82) is 0 Å². The Labute approximate surface area is 127 Å². The van der Waals surface area contributed by atoms with Crippen LogP contribution in [0.5, 0.6) is 5.75 Å². The van der Waals surface area contributed by atoms with Gasteiger partial charge in [0.1, 0.15) is 5.75 Å². The molecule has 1 aromatic carbocycles. The number of nitrogens with one attached hydrogen (secondary N) is 1. The van der Waals surface area contributed by atoms with Crippen LogP contribution >= 0.6 is 11.8 Å². The zero-order chi connectivity index (χ0) is 14.6. The van der Waals surface area contributed by atoms with E-state index in [0.29, 0.717) is 17.5 Å². The van der Waals surface area contributed by atoms with Gasteiger partial charge in [0.2, 0.25) is 0 Å². The lowest BCUT2D eigenvalue weighted by atomic mass is 9.87. The minimum absolute atomic E-state index is 0.445. The first-order valence-corrected chi connectivity index (χ1v) is 8.67. The fourth-order valence-corrected chi connectivity index (χ4v) is 4.23. The Morgan fingerprint density at radius 2 is 2.05 bits per heavy atom. The zero-order valence-corrected chi connectivity index (χ0v) is 13.9. The smallest absolute Gasteiger partial charge is 0.118 e. The number of rotatable bonds is 5. The second-order valence-electron chi connectivity index (χ2n) is 6.48. The van der Waals surface area contributed by atoms with Crippen molar-refractivity contribution in [3.8, 4) is 5.75 Å². The molecule has 0 aliphatic carbocycles. The molecule has 112 valence electrons. The third-order valence-corrected chi connectivity index (χ3v) is 5.60. The monoisotopic (exact) mass is 293 g/mol. The topological polar surface area (TPSA) is 21.3 Å². The molecule has 1 heterocycles. The van der Waals surface area contributed by atoms with E-state index in [1.54, 1.807) is 7.11 Å². The fourth-order valence-electron chi connectivity index (χ4n) is 2.94. The maximum absolute atomic E-state index is 5.24. The lowest BCUT2D eigenvalue weighted by Crippen LogP contribution is -2.41. The molecule has 0 radical (unpaired) electrons. The van der Waals surface area contributed by atoms with Crippen molar-refractivity contribution >= 4 is 11.8 Å². The lowest BCUT2D eigenvalue weighted by molar-refractivity contribution is 0.298. The van der Waals surface area contributed by atoms with Crippen LogP contribution in [0.3, 0.4) is 0 Å². The molecule has 1 fully saturated rings. The summed E-state index contributed by atoms with van der Waals surface area (Å²) in [5.74, 6) is 3.44. The van der Waals surface area contributed by atoms with Crippen molar-refractivity contribution in [2.45, 2.75) is 45.7 Å². The molecule has 1 aliphatic heterocycles. The van der Waals surface area contributed by atoms with E-state index in [4.69, 9.17) is 4.74 Å². The predicted octanol–water partition coefficient (Wildman–Crippen LogP) is 4.27. The molecule has 1 aromatic rings. The molecular formula is C17H27NOS. The van der Waals surface area contributed by atoms with E-state index >= 15 is 0 Å². The van der Waals surface area contributed by atoms with Gasteiger partial charge < -0.3 is 10.1 Å².